The van der Waals surface area contributed by atoms with Crippen LogP contribution in [0.2, 0.25) is 0 Å². The molecule has 0 bridgehead atoms. The van der Waals surface area contributed by atoms with Crippen molar-refractivity contribution in [3.8, 4) is 5.75 Å². The summed E-state index contributed by atoms with van der Waals surface area (Å²) in [7, 11) is 1.75. The highest BCUT2D eigenvalue weighted by atomic mass is 16.5. The number of hydrogen-bond acceptors (Lipinski definition) is 6. The van der Waals surface area contributed by atoms with Crippen molar-refractivity contribution in [1.82, 2.24) is 9.97 Å². The van der Waals surface area contributed by atoms with Gasteiger partial charge in [0.2, 0.25) is 0 Å². The molecule has 0 saturated carbocycles. The van der Waals surface area contributed by atoms with E-state index in [-0.39, 0.29) is 5.91 Å². The van der Waals surface area contributed by atoms with E-state index in [0.29, 0.717) is 48.1 Å². The third-order valence-electron chi connectivity index (χ3n) is 6.71. The van der Waals surface area contributed by atoms with Crippen molar-refractivity contribution in [2.75, 3.05) is 30.0 Å². The fraction of sp³-hybridized carbons (Fsp3) is 0.200. The fourth-order valence-corrected chi connectivity index (χ4v) is 4.84. The summed E-state index contributed by atoms with van der Waals surface area (Å²) in [6.45, 7) is 4.81. The number of pyridine rings is 2. The number of aliphatic carboxylic acids is 1. The van der Waals surface area contributed by atoms with Gasteiger partial charge in [0.05, 0.1) is 17.9 Å². The van der Waals surface area contributed by atoms with Gasteiger partial charge in [-0.1, -0.05) is 30.3 Å². The molecule has 1 N–H and O–H groups in total. The summed E-state index contributed by atoms with van der Waals surface area (Å²) in [5.74, 6) is 0.902. The summed E-state index contributed by atoms with van der Waals surface area (Å²) in [4.78, 5) is 37.3. The Morgan fingerprint density at radius 1 is 1.05 bits per heavy atom. The number of fused-ring (bicyclic) bond motifs is 3. The molecule has 0 saturated heterocycles. The maximum Gasteiger partial charge on any atom is 0.328 e. The number of carboxylic acids is 1. The molecular weight excluding hydrogens is 480 g/mol. The first-order chi connectivity index (χ1) is 18.4. The minimum Gasteiger partial charge on any atom is -0.493 e. The Bertz CT molecular complexity index is 1580. The van der Waals surface area contributed by atoms with Crippen LogP contribution in [0.1, 0.15) is 35.3 Å². The lowest BCUT2D eigenvalue weighted by Gasteiger charge is -2.22. The standard InChI is InChI=1S/C30H28N4O4/c1-4-34-28-24(30(37)33(3)25-10-7-14-31-29(25)34)17-20(18-32-28)13-15-38-26-12-11-21(19(2)16-27(35)36)22-8-5-6-9-23(22)26/h5-12,14,16-18H,4,13,15H2,1-3H3,(H,35,36)/b19-16+. The van der Waals surface area contributed by atoms with Gasteiger partial charge in [-0.05, 0) is 60.2 Å². The quantitative estimate of drug-likeness (QED) is 0.330. The third kappa shape index (κ3) is 4.56. The van der Waals surface area contributed by atoms with Gasteiger partial charge < -0.3 is 19.6 Å². The minimum atomic E-state index is -0.979. The Kier molecular flexibility index (Phi) is 6.79. The lowest BCUT2D eigenvalue weighted by atomic mass is 9.98. The molecule has 1 amide bonds. The van der Waals surface area contributed by atoms with Crippen molar-refractivity contribution < 1.29 is 19.4 Å². The van der Waals surface area contributed by atoms with Gasteiger partial charge >= 0.3 is 5.97 Å². The van der Waals surface area contributed by atoms with Crippen molar-refractivity contribution >= 4 is 45.5 Å². The number of carbonyl (C=O) groups is 2. The summed E-state index contributed by atoms with van der Waals surface area (Å²) in [5.41, 5.74) is 3.68. The van der Waals surface area contributed by atoms with Crippen LogP contribution < -0.4 is 14.5 Å². The molecule has 38 heavy (non-hydrogen) atoms. The number of anilines is 3. The van der Waals surface area contributed by atoms with Gasteiger partial charge in [0.15, 0.2) is 5.82 Å². The van der Waals surface area contributed by atoms with Crippen LogP contribution in [-0.4, -0.2) is 47.2 Å². The van der Waals surface area contributed by atoms with E-state index in [1.165, 1.54) is 6.08 Å². The molecule has 2 aromatic carbocycles. The number of rotatable bonds is 7. The van der Waals surface area contributed by atoms with E-state index in [0.717, 1.165) is 27.6 Å². The highest BCUT2D eigenvalue weighted by molar-refractivity contribution is 6.12. The molecule has 0 radical (unpaired) electrons. The predicted molar refractivity (Wildman–Crippen MR) is 148 cm³/mol. The van der Waals surface area contributed by atoms with Crippen molar-refractivity contribution in [1.29, 1.82) is 0 Å². The first-order valence-electron chi connectivity index (χ1n) is 12.4. The molecule has 3 heterocycles. The number of benzene rings is 2. The summed E-state index contributed by atoms with van der Waals surface area (Å²) >= 11 is 0. The summed E-state index contributed by atoms with van der Waals surface area (Å²) in [6.07, 6.45) is 5.27. The lowest BCUT2D eigenvalue weighted by molar-refractivity contribution is -0.131. The number of carboxylic acid groups (broad SMARTS) is 1. The van der Waals surface area contributed by atoms with Crippen LogP contribution in [-0.2, 0) is 11.2 Å². The van der Waals surface area contributed by atoms with Crippen LogP contribution in [0, 0.1) is 0 Å². The average molecular weight is 509 g/mol. The van der Waals surface area contributed by atoms with E-state index in [1.54, 1.807) is 31.3 Å². The number of nitrogens with zero attached hydrogens (tertiary/aromatic N) is 4. The zero-order valence-corrected chi connectivity index (χ0v) is 21.5. The second-order valence-corrected chi connectivity index (χ2v) is 9.09. The minimum absolute atomic E-state index is 0.133. The van der Waals surface area contributed by atoms with Crippen LogP contribution in [0.3, 0.4) is 0 Å². The molecule has 1 aliphatic heterocycles. The predicted octanol–water partition coefficient (Wildman–Crippen LogP) is 5.49. The smallest absolute Gasteiger partial charge is 0.328 e. The first kappa shape index (κ1) is 25.0. The number of amides is 1. The van der Waals surface area contributed by atoms with E-state index < -0.39 is 5.97 Å². The summed E-state index contributed by atoms with van der Waals surface area (Å²) in [5, 5.41) is 11.0. The maximum absolute atomic E-state index is 13.4. The van der Waals surface area contributed by atoms with E-state index in [1.807, 2.05) is 66.4 Å². The van der Waals surface area contributed by atoms with Gasteiger partial charge in [0.25, 0.3) is 5.91 Å². The van der Waals surface area contributed by atoms with Crippen molar-refractivity contribution in [3.63, 3.8) is 0 Å². The van der Waals surface area contributed by atoms with Crippen LogP contribution in [0.5, 0.6) is 5.75 Å². The number of hydrogen-bond donors (Lipinski definition) is 1. The highest BCUT2D eigenvalue weighted by Crippen LogP contribution is 2.37. The maximum atomic E-state index is 13.4. The molecule has 8 nitrogen and oxygen atoms in total. The molecule has 0 atom stereocenters. The van der Waals surface area contributed by atoms with E-state index >= 15 is 0 Å². The Balaban J connectivity index is 1.39. The van der Waals surface area contributed by atoms with Crippen LogP contribution in [0.15, 0.2) is 73.1 Å². The molecule has 0 aliphatic carbocycles. The molecule has 8 heteroatoms. The Labute approximate surface area is 220 Å². The van der Waals surface area contributed by atoms with E-state index in [4.69, 9.17) is 9.84 Å². The molecule has 4 aromatic rings. The van der Waals surface area contributed by atoms with Gasteiger partial charge in [-0.2, -0.15) is 0 Å². The van der Waals surface area contributed by atoms with Crippen molar-refractivity contribution in [2.45, 2.75) is 20.3 Å². The van der Waals surface area contributed by atoms with Crippen molar-refractivity contribution in [2.24, 2.45) is 0 Å². The normalized spacial score (nSPS) is 13.2. The van der Waals surface area contributed by atoms with E-state index in [2.05, 4.69) is 9.97 Å². The number of aromatic nitrogens is 2. The molecule has 0 spiro atoms. The monoisotopic (exact) mass is 508 g/mol. The SMILES string of the molecule is CCN1c2ncc(CCOc3ccc(/C(C)=C/C(=O)O)c4ccccc34)cc2C(=O)N(C)c2cccnc21. The number of carbonyl (C=O) groups excluding carboxylic acids is 1. The van der Waals surface area contributed by atoms with Crippen LogP contribution in [0.25, 0.3) is 16.3 Å². The Morgan fingerprint density at radius 2 is 1.84 bits per heavy atom. The highest BCUT2D eigenvalue weighted by Gasteiger charge is 2.30. The molecule has 192 valence electrons. The fourth-order valence-electron chi connectivity index (χ4n) is 4.84. The van der Waals surface area contributed by atoms with Crippen LogP contribution in [0.4, 0.5) is 17.3 Å². The topological polar surface area (TPSA) is 95.9 Å². The third-order valence-corrected chi connectivity index (χ3v) is 6.71. The zero-order chi connectivity index (χ0) is 26.8. The van der Waals surface area contributed by atoms with Gasteiger partial charge in [-0.3, -0.25) is 4.79 Å². The largest absolute Gasteiger partial charge is 0.493 e. The molecule has 2 aromatic heterocycles. The molecule has 5 rings (SSSR count). The Hall–Kier alpha value is -4.72. The molecular formula is C30H28N4O4. The van der Waals surface area contributed by atoms with Crippen LogP contribution >= 0.6 is 0 Å². The average Bonchev–Trinajstić information content (AvgIpc) is 3.01. The molecule has 1 aliphatic rings. The zero-order valence-electron chi connectivity index (χ0n) is 21.5. The molecule has 0 fully saturated rings. The van der Waals surface area contributed by atoms with Gasteiger partial charge in [-0.15, -0.1) is 0 Å². The molecule has 0 unspecified atom stereocenters. The second kappa shape index (κ2) is 10.3. The van der Waals surface area contributed by atoms with Gasteiger partial charge in [-0.25, -0.2) is 14.8 Å². The lowest BCUT2D eigenvalue weighted by Crippen LogP contribution is -2.25. The van der Waals surface area contributed by atoms with E-state index in [9.17, 15) is 9.59 Å². The number of ether oxygens (including phenoxy) is 1. The van der Waals surface area contributed by atoms with Gasteiger partial charge in [0, 0.05) is 43.9 Å². The summed E-state index contributed by atoms with van der Waals surface area (Å²) in [6, 6.07) is 17.1. The second-order valence-electron chi connectivity index (χ2n) is 9.09. The number of allylic oxidation sites excluding steroid dienone is 1. The Morgan fingerprint density at radius 3 is 2.61 bits per heavy atom. The first-order valence-corrected chi connectivity index (χ1v) is 12.4. The summed E-state index contributed by atoms with van der Waals surface area (Å²) < 4.78 is 6.17. The van der Waals surface area contributed by atoms with Crippen molar-refractivity contribution in [3.05, 3.63) is 89.8 Å². The van der Waals surface area contributed by atoms with Gasteiger partial charge in [0.1, 0.15) is 11.6 Å².